The summed E-state index contributed by atoms with van der Waals surface area (Å²) >= 11 is 0. The van der Waals surface area contributed by atoms with Crippen molar-refractivity contribution in [2.75, 3.05) is 32.7 Å². The maximum atomic E-state index is 4.94. The second kappa shape index (κ2) is 6.34. The summed E-state index contributed by atoms with van der Waals surface area (Å²) in [7, 11) is 0. The Kier molecular flexibility index (Phi) is 4.08. The van der Waals surface area contributed by atoms with Crippen LogP contribution in [-0.2, 0) is 6.54 Å². The molecule has 2 aliphatic heterocycles. The molecule has 4 heterocycles. The summed E-state index contributed by atoms with van der Waals surface area (Å²) < 4.78 is 2.39. The second-order valence-corrected chi connectivity index (χ2v) is 6.54. The van der Waals surface area contributed by atoms with Crippen LogP contribution in [0.1, 0.15) is 37.4 Å². The highest BCUT2D eigenvalue weighted by molar-refractivity contribution is 5.71. The van der Waals surface area contributed by atoms with Crippen LogP contribution in [0.15, 0.2) is 18.3 Å². The molecule has 5 heteroatoms. The average molecular weight is 299 g/mol. The number of aromatic nitrogens is 3. The van der Waals surface area contributed by atoms with Crippen molar-refractivity contribution in [3.63, 3.8) is 0 Å². The first-order valence-corrected chi connectivity index (χ1v) is 8.66. The summed E-state index contributed by atoms with van der Waals surface area (Å²) in [5.74, 6) is 1.84. The number of nitrogens with zero attached hydrogens (tertiary/aromatic N) is 4. The fraction of sp³-hybridized carbons (Fsp3) is 0.647. The van der Waals surface area contributed by atoms with E-state index in [0.29, 0.717) is 5.92 Å². The largest absolute Gasteiger partial charge is 0.317 e. The van der Waals surface area contributed by atoms with Crippen molar-refractivity contribution in [1.29, 1.82) is 0 Å². The van der Waals surface area contributed by atoms with E-state index in [-0.39, 0.29) is 0 Å². The van der Waals surface area contributed by atoms with Crippen LogP contribution in [0.5, 0.6) is 0 Å². The minimum absolute atomic E-state index is 0.578. The average Bonchev–Trinajstić information content (AvgIpc) is 3.21. The first-order valence-electron chi connectivity index (χ1n) is 8.66. The van der Waals surface area contributed by atoms with Crippen molar-refractivity contribution >= 4 is 11.2 Å². The van der Waals surface area contributed by atoms with Crippen molar-refractivity contribution < 1.29 is 0 Å². The van der Waals surface area contributed by atoms with E-state index in [1.165, 1.54) is 44.6 Å². The molecule has 2 aromatic rings. The highest BCUT2D eigenvalue weighted by atomic mass is 15.2. The molecule has 2 saturated heterocycles. The monoisotopic (exact) mass is 299 g/mol. The van der Waals surface area contributed by atoms with Crippen LogP contribution in [0.4, 0.5) is 0 Å². The first-order chi connectivity index (χ1) is 10.9. The van der Waals surface area contributed by atoms with Crippen molar-refractivity contribution in [1.82, 2.24) is 24.8 Å². The van der Waals surface area contributed by atoms with E-state index in [0.717, 1.165) is 37.3 Å². The molecule has 0 unspecified atom stereocenters. The Bertz CT molecular complexity index is 623. The number of hydrogen-bond donors (Lipinski definition) is 1. The fourth-order valence-corrected chi connectivity index (χ4v) is 3.84. The molecule has 0 radical (unpaired) electrons. The van der Waals surface area contributed by atoms with Crippen LogP contribution >= 0.6 is 0 Å². The lowest BCUT2D eigenvalue weighted by Crippen LogP contribution is -2.29. The van der Waals surface area contributed by atoms with E-state index in [9.17, 15) is 0 Å². The smallest absolute Gasteiger partial charge is 0.160 e. The number of imidazole rings is 1. The zero-order valence-corrected chi connectivity index (χ0v) is 13.2. The number of piperidine rings is 1. The minimum atomic E-state index is 0.578. The van der Waals surface area contributed by atoms with Gasteiger partial charge in [0.1, 0.15) is 11.3 Å². The van der Waals surface area contributed by atoms with Crippen molar-refractivity contribution in [3.05, 3.63) is 24.2 Å². The van der Waals surface area contributed by atoms with Gasteiger partial charge in [-0.3, -0.25) is 0 Å². The third kappa shape index (κ3) is 2.75. The summed E-state index contributed by atoms with van der Waals surface area (Å²) in [5, 5.41) is 3.45. The van der Waals surface area contributed by atoms with Gasteiger partial charge in [0.2, 0.25) is 0 Å². The predicted octanol–water partition coefficient (Wildman–Crippen LogP) is 1.99. The zero-order valence-electron chi connectivity index (χ0n) is 13.2. The van der Waals surface area contributed by atoms with Gasteiger partial charge in [0.05, 0.1) is 0 Å². The number of nitrogens with one attached hydrogen (secondary N) is 1. The van der Waals surface area contributed by atoms with Crippen molar-refractivity contribution in [2.45, 2.75) is 38.1 Å². The topological polar surface area (TPSA) is 46.0 Å². The van der Waals surface area contributed by atoms with Gasteiger partial charge < -0.3 is 14.8 Å². The molecule has 0 aromatic carbocycles. The van der Waals surface area contributed by atoms with E-state index < -0.39 is 0 Å². The van der Waals surface area contributed by atoms with E-state index in [2.05, 4.69) is 25.8 Å². The maximum absolute atomic E-state index is 4.94. The van der Waals surface area contributed by atoms with Gasteiger partial charge in [-0.15, -0.1) is 0 Å². The molecule has 4 rings (SSSR count). The number of rotatable bonds is 4. The molecule has 0 spiro atoms. The van der Waals surface area contributed by atoms with Gasteiger partial charge in [-0.05, 0) is 64.0 Å². The normalized spacial score (nSPS) is 20.9. The van der Waals surface area contributed by atoms with Crippen molar-refractivity contribution in [3.8, 4) is 0 Å². The second-order valence-electron chi connectivity index (χ2n) is 6.54. The highest BCUT2D eigenvalue weighted by Gasteiger charge is 2.23. The lowest BCUT2D eigenvalue weighted by atomic mass is 9.97. The molecule has 2 aliphatic rings. The number of fused-ring (bicyclic) bond motifs is 1. The molecule has 2 fully saturated rings. The maximum Gasteiger partial charge on any atom is 0.160 e. The van der Waals surface area contributed by atoms with Gasteiger partial charge in [0, 0.05) is 25.2 Å². The number of hydrogen-bond acceptors (Lipinski definition) is 4. The van der Waals surface area contributed by atoms with E-state index in [4.69, 9.17) is 4.98 Å². The van der Waals surface area contributed by atoms with Gasteiger partial charge in [-0.2, -0.15) is 0 Å². The quantitative estimate of drug-likeness (QED) is 0.938. The first kappa shape index (κ1) is 14.2. The minimum Gasteiger partial charge on any atom is -0.317 e. The van der Waals surface area contributed by atoms with E-state index in [1.807, 2.05) is 12.3 Å². The van der Waals surface area contributed by atoms with E-state index >= 15 is 0 Å². The van der Waals surface area contributed by atoms with Gasteiger partial charge >= 0.3 is 0 Å². The lowest BCUT2D eigenvalue weighted by molar-refractivity contribution is 0.318. The molecule has 5 nitrogen and oxygen atoms in total. The molecule has 22 heavy (non-hydrogen) atoms. The zero-order chi connectivity index (χ0) is 14.8. The molecule has 2 aromatic heterocycles. The lowest BCUT2D eigenvalue weighted by Gasteiger charge is -2.24. The standard InChI is InChI=1S/C17H25N5/c1-2-11-21(10-1)12-13-22-16(14-5-8-18-9-6-14)20-15-4-3-7-19-17(15)22/h3-4,7,14,18H,1-2,5-6,8-13H2. The highest BCUT2D eigenvalue weighted by Crippen LogP contribution is 2.27. The molecular formula is C17H25N5. The molecule has 0 saturated carbocycles. The van der Waals surface area contributed by atoms with Gasteiger partial charge in [-0.1, -0.05) is 0 Å². The van der Waals surface area contributed by atoms with Gasteiger partial charge in [-0.25, -0.2) is 9.97 Å². The predicted molar refractivity (Wildman–Crippen MR) is 88.0 cm³/mol. The fourth-order valence-electron chi connectivity index (χ4n) is 3.84. The molecule has 0 bridgehead atoms. The molecular weight excluding hydrogens is 274 g/mol. The van der Waals surface area contributed by atoms with E-state index in [1.54, 1.807) is 0 Å². The number of pyridine rings is 1. The summed E-state index contributed by atoms with van der Waals surface area (Å²) in [6, 6.07) is 4.09. The van der Waals surface area contributed by atoms with Crippen LogP contribution in [0, 0.1) is 0 Å². The Hall–Kier alpha value is -1.46. The van der Waals surface area contributed by atoms with Crippen LogP contribution in [0.2, 0.25) is 0 Å². The molecule has 1 N–H and O–H groups in total. The van der Waals surface area contributed by atoms with Gasteiger partial charge in [0.15, 0.2) is 5.65 Å². The Morgan fingerprint density at radius 1 is 1.14 bits per heavy atom. The molecule has 118 valence electrons. The van der Waals surface area contributed by atoms with Crippen molar-refractivity contribution in [2.24, 2.45) is 0 Å². The Morgan fingerprint density at radius 2 is 1.95 bits per heavy atom. The molecule has 0 aliphatic carbocycles. The van der Waals surface area contributed by atoms with Gasteiger partial charge in [0.25, 0.3) is 0 Å². The Labute approximate surface area is 131 Å². The Balaban J connectivity index is 1.63. The molecule has 0 amide bonds. The summed E-state index contributed by atoms with van der Waals surface area (Å²) in [4.78, 5) is 12.1. The van der Waals surface area contributed by atoms with Crippen LogP contribution in [0.3, 0.4) is 0 Å². The third-order valence-corrected chi connectivity index (χ3v) is 5.08. The summed E-state index contributed by atoms with van der Waals surface area (Å²) in [5.41, 5.74) is 2.12. The third-order valence-electron chi connectivity index (χ3n) is 5.08. The summed E-state index contributed by atoms with van der Waals surface area (Å²) in [6.45, 7) is 6.86. The van der Waals surface area contributed by atoms with Crippen LogP contribution < -0.4 is 5.32 Å². The Morgan fingerprint density at radius 3 is 2.77 bits per heavy atom. The SMILES string of the molecule is c1cnc2c(c1)nc(C1CCNCC1)n2CCN1CCCC1. The van der Waals surface area contributed by atoms with Crippen LogP contribution in [0.25, 0.3) is 11.2 Å². The van der Waals surface area contributed by atoms with Crippen LogP contribution in [-0.4, -0.2) is 52.2 Å². The summed E-state index contributed by atoms with van der Waals surface area (Å²) in [6.07, 6.45) is 6.97. The number of likely N-dealkylation sites (tertiary alicyclic amines) is 1. The molecule has 0 atom stereocenters.